The Morgan fingerprint density at radius 1 is 1.21 bits per heavy atom. The van der Waals surface area contributed by atoms with Crippen LogP contribution < -0.4 is 0 Å². The molecule has 3 aromatic rings. The quantitative estimate of drug-likeness (QED) is 0.203. The number of aromatic amines is 1. The standard InChI is InChI=1S/C26H25BrClN7O3/c1-3-4-9-21-29-24(28)20(13-34(2)26(36)37)35(21)12-18-15-10-11-38-14-19(15)23(27)22(18)16-7-5-6-8-17(16)25-30-32-33-31-25/h5-8,10-11,14H,3-4,9,12-13H2,1-2H3,(H,36,37)(H,30,31,32,33). The Kier molecular flexibility index (Phi) is 7.48. The largest absolute Gasteiger partial charge is 0.472 e. The van der Waals surface area contributed by atoms with Crippen LogP contribution in [0.5, 0.6) is 0 Å². The number of amides is 1. The average Bonchev–Trinajstić information content (AvgIpc) is 3.62. The van der Waals surface area contributed by atoms with E-state index in [1.807, 2.05) is 34.9 Å². The number of nitrogens with zero attached hydrogens (tertiary/aromatic N) is 6. The van der Waals surface area contributed by atoms with Gasteiger partial charge in [0.15, 0.2) is 11.0 Å². The number of aromatic nitrogens is 6. The summed E-state index contributed by atoms with van der Waals surface area (Å²) < 4.78 is 8.45. The van der Waals surface area contributed by atoms with Gasteiger partial charge in [0.05, 0.1) is 31.3 Å². The number of benzene rings is 1. The fraction of sp³-hybridized carbons (Fsp3) is 0.269. The first-order valence-electron chi connectivity index (χ1n) is 12.1. The third kappa shape index (κ3) is 4.79. The average molecular weight is 599 g/mol. The number of aryl methyl sites for hydroxylation is 1. The fourth-order valence-corrected chi connectivity index (χ4v) is 5.67. The fourth-order valence-electron chi connectivity index (χ4n) is 4.65. The van der Waals surface area contributed by atoms with Crippen LogP contribution in [0.2, 0.25) is 5.15 Å². The predicted octanol–water partition coefficient (Wildman–Crippen LogP) is 6.34. The second-order valence-electron chi connectivity index (χ2n) is 8.94. The summed E-state index contributed by atoms with van der Waals surface area (Å²) in [5.74, 6) is 1.36. The molecule has 5 rings (SSSR count). The summed E-state index contributed by atoms with van der Waals surface area (Å²) in [6, 6.07) is 9.82. The van der Waals surface area contributed by atoms with Crippen molar-refractivity contribution < 1.29 is 14.3 Å². The normalized spacial score (nSPS) is 11.4. The lowest BCUT2D eigenvalue weighted by Crippen LogP contribution is -2.26. The van der Waals surface area contributed by atoms with Crippen LogP contribution in [0.15, 0.2) is 51.7 Å². The second-order valence-corrected chi connectivity index (χ2v) is 10.1. The van der Waals surface area contributed by atoms with E-state index in [2.05, 4.69) is 48.5 Å². The zero-order chi connectivity index (χ0) is 26.8. The Morgan fingerprint density at radius 3 is 2.71 bits per heavy atom. The summed E-state index contributed by atoms with van der Waals surface area (Å²) in [5.41, 5.74) is 6.28. The maximum atomic E-state index is 11.6. The number of imidazole rings is 1. The highest BCUT2D eigenvalue weighted by Gasteiger charge is 2.28. The molecule has 2 N–H and O–H groups in total. The predicted molar refractivity (Wildman–Crippen MR) is 146 cm³/mol. The van der Waals surface area contributed by atoms with Crippen molar-refractivity contribution >= 4 is 33.6 Å². The lowest BCUT2D eigenvalue weighted by atomic mass is 9.97. The lowest BCUT2D eigenvalue weighted by molar-refractivity contribution is 0.153. The SMILES string of the molecule is CCCCc1nc(Cl)c(CN(C)C(=O)O)n1Cc1c2ccocc-2c(Br)c1-c1ccccc1-c1nnn[nH]1. The van der Waals surface area contributed by atoms with E-state index in [4.69, 9.17) is 16.0 Å². The van der Waals surface area contributed by atoms with Gasteiger partial charge in [-0.3, -0.25) is 0 Å². The van der Waals surface area contributed by atoms with Crippen molar-refractivity contribution in [2.24, 2.45) is 0 Å². The Bertz CT molecular complexity index is 1550. The summed E-state index contributed by atoms with van der Waals surface area (Å²) in [6.45, 7) is 2.65. The van der Waals surface area contributed by atoms with E-state index in [0.29, 0.717) is 23.2 Å². The topological polar surface area (TPSA) is 126 Å². The van der Waals surface area contributed by atoms with E-state index in [9.17, 15) is 9.90 Å². The molecule has 0 saturated carbocycles. The van der Waals surface area contributed by atoms with Crippen molar-refractivity contribution in [2.75, 3.05) is 7.05 Å². The molecule has 3 heterocycles. The van der Waals surface area contributed by atoms with Crippen molar-refractivity contribution in [3.05, 3.63) is 69.6 Å². The van der Waals surface area contributed by atoms with E-state index in [-0.39, 0.29) is 6.54 Å². The molecule has 0 radical (unpaired) electrons. The molecule has 1 aliphatic heterocycles. The van der Waals surface area contributed by atoms with E-state index in [1.54, 1.807) is 12.5 Å². The van der Waals surface area contributed by atoms with Gasteiger partial charge in [-0.25, -0.2) is 14.9 Å². The van der Waals surface area contributed by atoms with Gasteiger partial charge >= 0.3 is 6.09 Å². The minimum Gasteiger partial charge on any atom is -0.472 e. The number of tetrazole rings is 1. The number of hydrogen-bond donors (Lipinski definition) is 2. The minimum atomic E-state index is -1.04. The minimum absolute atomic E-state index is 0.109. The van der Waals surface area contributed by atoms with E-state index < -0.39 is 6.09 Å². The molecule has 0 bridgehead atoms. The summed E-state index contributed by atoms with van der Waals surface area (Å²) in [6.07, 6.45) is 4.96. The Balaban J connectivity index is 1.72. The van der Waals surface area contributed by atoms with Crippen LogP contribution in [-0.4, -0.2) is 53.3 Å². The van der Waals surface area contributed by atoms with Crippen molar-refractivity contribution in [1.29, 1.82) is 0 Å². The molecule has 0 fully saturated rings. The zero-order valence-corrected chi connectivity index (χ0v) is 23.1. The highest BCUT2D eigenvalue weighted by molar-refractivity contribution is 9.10. The van der Waals surface area contributed by atoms with Crippen molar-refractivity contribution in [3.8, 4) is 33.6 Å². The Hall–Kier alpha value is -3.70. The molecule has 12 heteroatoms. The van der Waals surface area contributed by atoms with Crippen LogP contribution in [0.25, 0.3) is 33.6 Å². The molecule has 0 atom stereocenters. The summed E-state index contributed by atoms with van der Waals surface area (Å²) in [7, 11) is 1.52. The molecular weight excluding hydrogens is 574 g/mol. The van der Waals surface area contributed by atoms with Gasteiger partial charge < -0.3 is 19.0 Å². The molecule has 1 amide bonds. The molecule has 38 heavy (non-hydrogen) atoms. The molecular formula is C26H25BrClN7O3. The van der Waals surface area contributed by atoms with Crippen LogP contribution in [0, 0.1) is 0 Å². The van der Waals surface area contributed by atoms with Gasteiger partial charge in [-0.2, -0.15) is 0 Å². The van der Waals surface area contributed by atoms with Crippen LogP contribution >= 0.6 is 27.5 Å². The van der Waals surface area contributed by atoms with Crippen molar-refractivity contribution in [2.45, 2.75) is 39.3 Å². The van der Waals surface area contributed by atoms with E-state index in [0.717, 1.165) is 62.9 Å². The van der Waals surface area contributed by atoms with Gasteiger partial charge in [0.25, 0.3) is 0 Å². The summed E-state index contributed by atoms with van der Waals surface area (Å²) in [5, 5.41) is 24.4. The van der Waals surface area contributed by atoms with Crippen LogP contribution in [0.3, 0.4) is 0 Å². The third-order valence-electron chi connectivity index (χ3n) is 6.56. The summed E-state index contributed by atoms with van der Waals surface area (Å²) >= 11 is 10.5. The van der Waals surface area contributed by atoms with Crippen molar-refractivity contribution in [1.82, 2.24) is 35.1 Å². The summed E-state index contributed by atoms with van der Waals surface area (Å²) in [4.78, 5) is 17.5. The number of nitrogens with one attached hydrogen (secondary N) is 1. The Labute approximate surface area is 232 Å². The number of halogens is 2. The molecule has 2 aliphatic rings. The van der Waals surface area contributed by atoms with E-state index in [1.165, 1.54) is 11.9 Å². The monoisotopic (exact) mass is 597 g/mol. The van der Waals surface area contributed by atoms with Crippen LogP contribution in [-0.2, 0) is 19.5 Å². The highest BCUT2D eigenvalue weighted by atomic mass is 79.9. The van der Waals surface area contributed by atoms with E-state index >= 15 is 0 Å². The molecule has 1 aromatic carbocycles. The maximum absolute atomic E-state index is 11.6. The number of unbranched alkanes of at least 4 members (excludes halogenated alkanes) is 1. The van der Waals surface area contributed by atoms with Gasteiger partial charge in [0.1, 0.15) is 5.82 Å². The van der Waals surface area contributed by atoms with Gasteiger partial charge in [0.2, 0.25) is 0 Å². The number of carbonyl (C=O) groups is 1. The number of H-pyrrole nitrogens is 1. The first-order chi connectivity index (χ1) is 18.4. The maximum Gasteiger partial charge on any atom is 0.407 e. The van der Waals surface area contributed by atoms with Crippen LogP contribution in [0.4, 0.5) is 4.79 Å². The lowest BCUT2D eigenvalue weighted by Gasteiger charge is -2.18. The smallest absolute Gasteiger partial charge is 0.407 e. The number of rotatable bonds is 9. The number of fused-ring (bicyclic) bond motifs is 1. The van der Waals surface area contributed by atoms with Gasteiger partial charge in [0, 0.05) is 34.6 Å². The number of carboxylic acid groups (broad SMARTS) is 1. The molecule has 196 valence electrons. The number of hydrogen-bond acceptors (Lipinski definition) is 6. The molecule has 2 aromatic heterocycles. The van der Waals surface area contributed by atoms with Crippen molar-refractivity contribution in [3.63, 3.8) is 0 Å². The van der Waals surface area contributed by atoms with Gasteiger partial charge in [-0.15, -0.1) is 5.10 Å². The Morgan fingerprint density at radius 2 is 2.00 bits per heavy atom. The van der Waals surface area contributed by atoms with Gasteiger partial charge in [-0.1, -0.05) is 49.2 Å². The molecule has 0 unspecified atom stereocenters. The molecule has 1 aliphatic carbocycles. The first kappa shape index (κ1) is 25.9. The first-order valence-corrected chi connectivity index (χ1v) is 13.2. The molecule has 10 nitrogen and oxygen atoms in total. The second kappa shape index (κ2) is 11.0. The molecule has 0 spiro atoms. The molecule has 0 saturated heterocycles. The third-order valence-corrected chi connectivity index (χ3v) is 7.68. The van der Waals surface area contributed by atoms with Crippen LogP contribution in [0.1, 0.15) is 36.8 Å². The highest BCUT2D eigenvalue weighted by Crippen LogP contribution is 2.48. The zero-order valence-electron chi connectivity index (χ0n) is 20.8. The van der Waals surface area contributed by atoms with Gasteiger partial charge in [-0.05, 0) is 55.5 Å².